The van der Waals surface area contributed by atoms with Crippen LogP contribution in [0.2, 0.25) is 0 Å². The highest BCUT2D eigenvalue weighted by Crippen LogP contribution is 2.24. The molecule has 66 valence electrons. The first kappa shape index (κ1) is 9.03. The van der Waals surface area contributed by atoms with Crippen molar-refractivity contribution in [3.8, 4) is 6.01 Å². The van der Waals surface area contributed by atoms with Gasteiger partial charge >= 0.3 is 8.25 Å². The van der Waals surface area contributed by atoms with Crippen LogP contribution in [0, 0.1) is 0 Å². The minimum atomic E-state index is -2.49. The van der Waals surface area contributed by atoms with Gasteiger partial charge in [-0.25, -0.2) is 9.55 Å². The molecule has 0 aliphatic carbocycles. The van der Waals surface area contributed by atoms with Crippen LogP contribution in [0.25, 0.3) is 0 Å². The molecule has 0 aliphatic rings. The summed E-state index contributed by atoms with van der Waals surface area (Å²) in [5.74, 6) is 0. The average Bonchev–Trinajstić information content (AvgIpc) is 2.53. The number of aromatic amines is 1. The van der Waals surface area contributed by atoms with Gasteiger partial charge in [0.15, 0.2) is 0 Å². The maximum absolute atomic E-state index is 10.9. The molecule has 0 fully saturated rings. The SMILES string of the molecule is C=CCO[PH](=O)Oc1ncc[nH]1. The fraction of sp³-hybridized carbons (Fsp3) is 0.167. The Balaban J connectivity index is 2.32. The van der Waals surface area contributed by atoms with Gasteiger partial charge in [0.2, 0.25) is 0 Å². The molecule has 1 rings (SSSR count). The summed E-state index contributed by atoms with van der Waals surface area (Å²) in [6.45, 7) is 3.61. The highest BCUT2D eigenvalue weighted by molar-refractivity contribution is 7.33. The highest BCUT2D eigenvalue weighted by atomic mass is 31.1. The number of nitrogens with one attached hydrogen (secondary N) is 1. The second-order valence-corrected chi connectivity index (χ2v) is 2.84. The van der Waals surface area contributed by atoms with Crippen molar-refractivity contribution in [3.05, 3.63) is 25.0 Å². The summed E-state index contributed by atoms with van der Waals surface area (Å²) in [4.78, 5) is 6.34. The zero-order valence-electron chi connectivity index (χ0n) is 6.32. The molecule has 1 aromatic heterocycles. The van der Waals surface area contributed by atoms with Crippen molar-refractivity contribution < 1.29 is 13.6 Å². The molecule has 1 N–H and O–H groups in total. The molecule has 0 radical (unpaired) electrons. The minimum absolute atomic E-state index is 0.197. The Morgan fingerprint density at radius 1 is 1.83 bits per heavy atom. The normalized spacial score (nSPS) is 12.3. The molecule has 12 heavy (non-hydrogen) atoms. The van der Waals surface area contributed by atoms with Gasteiger partial charge in [-0.2, -0.15) is 0 Å². The number of hydrogen-bond donors (Lipinski definition) is 1. The molecule has 1 heterocycles. The van der Waals surface area contributed by atoms with E-state index in [-0.39, 0.29) is 12.6 Å². The summed E-state index contributed by atoms with van der Waals surface area (Å²) in [7, 11) is -2.49. The lowest BCUT2D eigenvalue weighted by atomic mass is 10.7. The molecule has 0 saturated carbocycles. The largest absolute Gasteiger partial charge is 0.393 e. The Labute approximate surface area is 70.4 Å². The van der Waals surface area contributed by atoms with E-state index in [1.165, 1.54) is 12.3 Å². The molecule has 1 aromatic rings. The summed E-state index contributed by atoms with van der Waals surface area (Å²) in [5.41, 5.74) is 0. The number of H-pyrrole nitrogens is 1. The molecule has 0 aliphatic heterocycles. The molecule has 0 spiro atoms. The van der Waals surface area contributed by atoms with E-state index >= 15 is 0 Å². The Hall–Kier alpha value is -1.06. The molecule has 5 nitrogen and oxygen atoms in total. The summed E-state index contributed by atoms with van der Waals surface area (Å²) in [6, 6.07) is 0.197. The quantitative estimate of drug-likeness (QED) is 0.560. The van der Waals surface area contributed by atoms with Crippen LogP contribution >= 0.6 is 8.25 Å². The van der Waals surface area contributed by atoms with Crippen LogP contribution < -0.4 is 4.52 Å². The number of aromatic nitrogens is 2. The first-order chi connectivity index (χ1) is 5.83. The van der Waals surface area contributed by atoms with Crippen LogP contribution in [-0.4, -0.2) is 16.6 Å². The Morgan fingerprint density at radius 3 is 3.25 bits per heavy atom. The Kier molecular flexibility index (Phi) is 3.57. The van der Waals surface area contributed by atoms with E-state index < -0.39 is 8.25 Å². The molecule has 0 amide bonds. The lowest BCUT2D eigenvalue weighted by Gasteiger charge is -2.00. The van der Waals surface area contributed by atoms with Crippen molar-refractivity contribution in [1.29, 1.82) is 0 Å². The smallest absolute Gasteiger partial charge is 0.370 e. The van der Waals surface area contributed by atoms with E-state index in [0.29, 0.717) is 0 Å². The Bertz CT molecular complexity index is 260. The van der Waals surface area contributed by atoms with Crippen molar-refractivity contribution in [2.75, 3.05) is 6.61 Å². The summed E-state index contributed by atoms with van der Waals surface area (Å²) in [6.07, 6.45) is 4.56. The van der Waals surface area contributed by atoms with Crippen molar-refractivity contribution in [3.63, 3.8) is 0 Å². The maximum Gasteiger partial charge on any atom is 0.370 e. The lowest BCUT2D eigenvalue weighted by Crippen LogP contribution is -1.87. The number of hydrogen-bond acceptors (Lipinski definition) is 4. The summed E-state index contributed by atoms with van der Waals surface area (Å²) < 4.78 is 20.4. The van der Waals surface area contributed by atoms with Crippen molar-refractivity contribution in [2.24, 2.45) is 0 Å². The van der Waals surface area contributed by atoms with E-state index in [1.54, 1.807) is 6.20 Å². The van der Waals surface area contributed by atoms with E-state index in [1.807, 2.05) is 0 Å². The van der Waals surface area contributed by atoms with Gasteiger partial charge in [0.05, 0.1) is 6.61 Å². The third-order valence-electron chi connectivity index (χ3n) is 0.972. The predicted molar refractivity (Wildman–Crippen MR) is 44.4 cm³/mol. The molecular formula is C6H9N2O3P. The Morgan fingerprint density at radius 2 is 2.67 bits per heavy atom. The van der Waals surface area contributed by atoms with Gasteiger partial charge in [-0.15, -0.1) is 6.58 Å². The van der Waals surface area contributed by atoms with Crippen LogP contribution in [0.5, 0.6) is 6.01 Å². The van der Waals surface area contributed by atoms with Crippen molar-refractivity contribution in [2.45, 2.75) is 0 Å². The minimum Gasteiger partial charge on any atom is -0.393 e. The van der Waals surface area contributed by atoms with Crippen LogP contribution in [0.15, 0.2) is 25.0 Å². The molecular weight excluding hydrogens is 179 g/mol. The van der Waals surface area contributed by atoms with Gasteiger partial charge in [-0.05, 0) is 0 Å². The van der Waals surface area contributed by atoms with Crippen LogP contribution in [-0.2, 0) is 9.09 Å². The second-order valence-electron chi connectivity index (χ2n) is 1.85. The van der Waals surface area contributed by atoms with E-state index in [2.05, 4.69) is 16.5 Å². The van der Waals surface area contributed by atoms with Crippen LogP contribution in [0.1, 0.15) is 0 Å². The summed E-state index contributed by atoms with van der Waals surface area (Å²) >= 11 is 0. The predicted octanol–water partition coefficient (Wildman–Crippen LogP) is 1.38. The van der Waals surface area contributed by atoms with Crippen LogP contribution in [0.4, 0.5) is 0 Å². The third-order valence-corrected chi connectivity index (χ3v) is 1.73. The lowest BCUT2D eigenvalue weighted by molar-refractivity contribution is 0.312. The fourth-order valence-electron chi connectivity index (χ4n) is 0.542. The van der Waals surface area contributed by atoms with Gasteiger partial charge in [-0.1, -0.05) is 6.08 Å². The summed E-state index contributed by atoms with van der Waals surface area (Å²) in [5, 5.41) is 0. The van der Waals surface area contributed by atoms with Gasteiger partial charge in [0.25, 0.3) is 6.01 Å². The van der Waals surface area contributed by atoms with E-state index in [9.17, 15) is 4.57 Å². The molecule has 0 saturated heterocycles. The van der Waals surface area contributed by atoms with Crippen molar-refractivity contribution >= 4 is 8.25 Å². The second kappa shape index (κ2) is 4.74. The number of rotatable bonds is 5. The first-order valence-electron chi connectivity index (χ1n) is 3.28. The monoisotopic (exact) mass is 188 g/mol. The molecule has 1 unspecified atom stereocenters. The standard InChI is InChI=1S/C6H9N2O3P/c1-2-5-10-12(9)11-6-7-3-4-8-6/h2-4,12H,1,5H2,(H,7,8). The zero-order valence-corrected chi connectivity index (χ0v) is 7.32. The highest BCUT2D eigenvalue weighted by Gasteiger charge is 2.01. The number of nitrogens with zero attached hydrogens (tertiary/aromatic N) is 1. The average molecular weight is 188 g/mol. The topological polar surface area (TPSA) is 64.2 Å². The van der Waals surface area contributed by atoms with Gasteiger partial charge in [-0.3, -0.25) is 4.52 Å². The third kappa shape index (κ3) is 2.90. The molecule has 0 aromatic carbocycles. The fourth-order valence-corrected chi connectivity index (χ4v) is 1.12. The molecule has 6 heteroatoms. The van der Waals surface area contributed by atoms with E-state index in [0.717, 1.165) is 0 Å². The number of imidazole rings is 1. The van der Waals surface area contributed by atoms with Crippen LogP contribution in [0.3, 0.4) is 0 Å². The maximum atomic E-state index is 10.9. The van der Waals surface area contributed by atoms with Gasteiger partial charge < -0.3 is 9.51 Å². The molecule has 0 bridgehead atoms. The zero-order chi connectivity index (χ0) is 8.81. The first-order valence-corrected chi connectivity index (χ1v) is 4.50. The van der Waals surface area contributed by atoms with E-state index in [4.69, 9.17) is 9.05 Å². The van der Waals surface area contributed by atoms with Crippen molar-refractivity contribution in [1.82, 2.24) is 9.97 Å². The molecule has 1 atom stereocenters. The van der Waals surface area contributed by atoms with Gasteiger partial charge in [0.1, 0.15) is 0 Å². The van der Waals surface area contributed by atoms with Gasteiger partial charge in [0, 0.05) is 12.4 Å².